The van der Waals surface area contributed by atoms with Gasteiger partial charge in [-0.05, 0) is 29.0 Å². The van der Waals surface area contributed by atoms with E-state index in [9.17, 15) is 9.59 Å². The lowest BCUT2D eigenvalue weighted by Gasteiger charge is -2.17. The van der Waals surface area contributed by atoms with Gasteiger partial charge in [-0.15, -0.1) is 22.7 Å². The number of thiophene rings is 2. The largest absolute Gasteiger partial charge is 0.443 e. The van der Waals surface area contributed by atoms with E-state index in [1.165, 1.54) is 17.5 Å². The van der Waals surface area contributed by atoms with Gasteiger partial charge in [0.25, 0.3) is 5.91 Å². The Kier molecular flexibility index (Phi) is 5.35. The fourth-order valence-electron chi connectivity index (χ4n) is 2.04. The van der Waals surface area contributed by atoms with E-state index in [1.54, 1.807) is 47.2 Å². The van der Waals surface area contributed by atoms with Crippen LogP contribution in [-0.4, -0.2) is 16.9 Å². The first-order valence-electron chi connectivity index (χ1n) is 7.18. The van der Waals surface area contributed by atoms with E-state index in [0.717, 1.165) is 4.88 Å². The van der Waals surface area contributed by atoms with Gasteiger partial charge in [-0.1, -0.05) is 18.2 Å². The highest BCUT2D eigenvalue weighted by Gasteiger charge is 2.26. The zero-order chi connectivity index (χ0) is 16.8. The first-order valence-corrected chi connectivity index (χ1v) is 8.94. The second-order valence-corrected chi connectivity index (χ2v) is 6.83. The standard InChI is InChI=1S/C17H14N2O3S2/c20-16(19-11-13-5-2-8-23-13)15(12-4-1-7-18-10-12)22-17(21)14-6-3-9-24-14/h1-10,15H,11H2,(H,19,20)/t15-/m0/s1. The van der Waals surface area contributed by atoms with E-state index in [2.05, 4.69) is 10.3 Å². The lowest BCUT2D eigenvalue weighted by Crippen LogP contribution is -2.31. The lowest BCUT2D eigenvalue weighted by atomic mass is 10.1. The molecule has 1 amide bonds. The summed E-state index contributed by atoms with van der Waals surface area (Å²) in [5.74, 6) is -0.897. The summed E-state index contributed by atoms with van der Waals surface area (Å²) in [4.78, 5) is 30.2. The first-order chi connectivity index (χ1) is 11.7. The molecular formula is C17H14N2O3S2. The molecule has 3 aromatic rings. The predicted octanol–water partition coefficient (Wildman–Crippen LogP) is 3.42. The molecule has 1 N–H and O–H groups in total. The highest BCUT2D eigenvalue weighted by Crippen LogP contribution is 2.21. The van der Waals surface area contributed by atoms with Crippen molar-refractivity contribution in [3.63, 3.8) is 0 Å². The Morgan fingerprint density at radius 3 is 2.62 bits per heavy atom. The van der Waals surface area contributed by atoms with Crippen molar-refractivity contribution in [1.82, 2.24) is 10.3 Å². The summed E-state index contributed by atoms with van der Waals surface area (Å²) in [7, 11) is 0. The first kappa shape index (κ1) is 16.4. The number of pyridine rings is 1. The number of hydrogen-bond donors (Lipinski definition) is 1. The van der Waals surface area contributed by atoms with Crippen molar-refractivity contribution in [3.05, 3.63) is 74.9 Å². The molecule has 0 saturated carbocycles. The molecule has 5 nitrogen and oxygen atoms in total. The SMILES string of the molecule is O=C(O[C@H](C(=O)NCc1cccs1)c1cccnc1)c1cccs1. The van der Waals surface area contributed by atoms with Crippen LogP contribution in [-0.2, 0) is 16.1 Å². The maximum absolute atomic E-state index is 12.5. The number of nitrogens with one attached hydrogen (secondary N) is 1. The number of carbonyl (C=O) groups excluding carboxylic acids is 2. The van der Waals surface area contributed by atoms with E-state index >= 15 is 0 Å². The smallest absolute Gasteiger partial charge is 0.349 e. The molecule has 0 aliphatic carbocycles. The van der Waals surface area contributed by atoms with Gasteiger partial charge in [0, 0.05) is 22.8 Å². The third kappa shape index (κ3) is 4.06. The zero-order valence-corrected chi connectivity index (χ0v) is 14.2. The van der Waals surface area contributed by atoms with E-state index in [4.69, 9.17) is 4.74 Å². The van der Waals surface area contributed by atoms with Gasteiger partial charge in [-0.2, -0.15) is 0 Å². The van der Waals surface area contributed by atoms with Crippen LogP contribution in [0.25, 0.3) is 0 Å². The molecule has 3 aromatic heterocycles. The predicted molar refractivity (Wildman–Crippen MR) is 92.9 cm³/mol. The Morgan fingerprint density at radius 2 is 1.96 bits per heavy atom. The molecule has 7 heteroatoms. The third-order valence-electron chi connectivity index (χ3n) is 3.19. The fourth-order valence-corrected chi connectivity index (χ4v) is 3.29. The fraction of sp³-hybridized carbons (Fsp3) is 0.118. The van der Waals surface area contributed by atoms with Gasteiger partial charge in [-0.3, -0.25) is 9.78 Å². The Bertz CT molecular complexity index is 787. The van der Waals surface area contributed by atoms with Crippen molar-refractivity contribution in [3.8, 4) is 0 Å². The minimum Gasteiger partial charge on any atom is -0.443 e. The highest BCUT2D eigenvalue weighted by atomic mass is 32.1. The summed E-state index contributed by atoms with van der Waals surface area (Å²) in [5, 5.41) is 6.53. The van der Waals surface area contributed by atoms with Crippen LogP contribution in [0, 0.1) is 0 Å². The minimum atomic E-state index is -1.03. The summed E-state index contributed by atoms with van der Waals surface area (Å²) in [6, 6.07) is 10.7. The Labute approximate surface area is 146 Å². The molecule has 0 spiro atoms. The number of ether oxygens (including phenoxy) is 1. The Hall–Kier alpha value is -2.51. The van der Waals surface area contributed by atoms with Crippen molar-refractivity contribution in [2.45, 2.75) is 12.6 Å². The van der Waals surface area contributed by atoms with Crippen LogP contribution in [0.1, 0.15) is 26.2 Å². The van der Waals surface area contributed by atoms with Crippen LogP contribution in [0.2, 0.25) is 0 Å². The van der Waals surface area contributed by atoms with Crippen molar-refractivity contribution < 1.29 is 14.3 Å². The van der Waals surface area contributed by atoms with Crippen LogP contribution in [0.4, 0.5) is 0 Å². The zero-order valence-electron chi connectivity index (χ0n) is 12.5. The molecule has 0 unspecified atom stereocenters. The second kappa shape index (κ2) is 7.85. The van der Waals surface area contributed by atoms with Gasteiger partial charge in [-0.25, -0.2) is 4.79 Å². The van der Waals surface area contributed by atoms with Gasteiger partial charge < -0.3 is 10.1 Å². The summed E-state index contributed by atoms with van der Waals surface area (Å²) in [5.41, 5.74) is 0.533. The number of aromatic nitrogens is 1. The maximum atomic E-state index is 12.5. The maximum Gasteiger partial charge on any atom is 0.349 e. The molecule has 0 saturated heterocycles. The summed E-state index contributed by atoms with van der Waals surface area (Å²) >= 11 is 2.82. The molecule has 0 aliphatic rings. The van der Waals surface area contributed by atoms with Crippen molar-refractivity contribution in [1.29, 1.82) is 0 Å². The molecule has 24 heavy (non-hydrogen) atoms. The Morgan fingerprint density at radius 1 is 1.12 bits per heavy atom. The van der Waals surface area contributed by atoms with Gasteiger partial charge >= 0.3 is 5.97 Å². The van der Waals surface area contributed by atoms with E-state index in [0.29, 0.717) is 17.0 Å². The van der Waals surface area contributed by atoms with Gasteiger partial charge in [0.2, 0.25) is 6.10 Å². The molecule has 122 valence electrons. The number of esters is 1. The number of nitrogens with zero attached hydrogens (tertiary/aromatic N) is 1. The van der Waals surface area contributed by atoms with Crippen LogP contribution in [0.5, 0.6) is 0 Å². The van der Waals surface area contributed by atoms with Gasteiger partial charge in [0.15, 0.2) is 0 Å². The number of carbonyl (C=O) groups is 2. The molecule has 0 radical (unpaired) electrons. The van der Waals surface area contributed by atoms with Crippen LogP contribution in [0.3, 0.4) is 0 Å². The molecule has 0 aromatic carbocycles. The minimum absolute atomic E-state index is 0.374. The second-order valence-electron chi connectivity index (χ2n) is 4.85. The highest BCUT2D eigenvalue weighted by molar-refractivity contribution is 7.12. The number of amides is 1. The van der Waals surface area contributed by atoms with Gasteiger partial charge in [0.1, 0.15) is 4.88 Å². The lowest BCUT2D eigenvalue weighted by molar-refractivity contribution is -0.130. The van der Waals surface area contributed by atoms with Crippen molar-refractivity contribution in [2.75, 3.05) is 0 Å². The average molecular weight is 358 g/mol. The molecule has 1 atom stereocenters. The average Bonchev–Trinajstić information content (AvgIpc) is 3.31. The summed E-state index contributed by atoms with van der Waals surface area (Å²) in [6.07, 6.45) is 2.09. The monoisotopic (exact) mass is 358 g/mol. The van der Waals surface area contributed by atoms with E-state index in [-0.39, 0.29) is 5.91 Å². The normalized spacial score (nSPS) is 11.7. The summed E-state index contributed by atoms with van der Waals surface area (Å²) in [6.45, 7) is 0.393. The van der Waals surface area contributed by atoms with Crippen LogP contribution >= 0.6 is 22.7 Å². The molecular weight excluding hydrogens is 344 g/mol. The van der Waals surface area contributed by atoms with Crippen molar-refractivity contribution in [2.24, 2.45) is 0 Å². The number of hydrogen-bond acceptors (Lipinski definition) is 6. The Balaban J connectivity index is 1.74. The van der Waals surface area contributed by atoms with Crippen LogP contribution in [0.15, 0.2) is 59.6 Å². The van der Waals surface area contributed by atoms with Crippen molar-refractivity contribution >= 4 is 34.6 Å². The third-order valence-corrected chi connectivity index (χ3v) is 4.92. The number of rotatable bonds is 6. The molecule has 0 fully saturated rings. The van der Waals surface area contributed by atoms with E-state index < -0.39 is 12.1 Å². The quantitative estimate of drug-likeness (QED) is 0.686. The molecule has 0 bridgehead atoms. The van der Waals surface area contributed by atoms with Crippen LogP contribution < -0.4 is 5.32 Å². The van der Waals surface area contributed by atoms with E-state index in [1.807, 2.05) is 17.5 Å². The van der Waals surface area contributed by atoms with Gasteiger partial charge in [0.05, 0.1) is 6.54 Å². The molecule has 3 rings (SSSR count). The molecule has 0 aliphatic heterocycles. The summed E-state index contributed by atoms with van der Waals surface area (Å²) < 4.78 is 5.44. The molecule has 3 heterocycles. The topological polar surface area (TPSA) is 68.3 Å².